The number of amides is 2. The third-order valence-corrected chi connectivity index (χ3v) is 4.11. The van der Waals surface area contributed by atoms with Crippen LogP contribution in [-0.4, -0.2) is 35.2 Å². The molecule has 1 aliphatic heterocycles. The lowest BCUT2D eigenvalue weighted by atomic mass is 10.1. The molecule has 0 aromatic heterocycles. The summed E-state index contributed by atoms with van der Waals surface area (Å²) in [7, 11) is 0. The van der Waals surface area contributed by atoms with Crippen LogP contribution >= 0.6 is 11.6 Å². The Hall–Kier alpha value is -1.76. The van der Waals surface area contributed by atoms with Crippen LogP contribution in [0.15, 0.2) is 24.3 Å². The number of hydrogen-bond acceptors (Lipinski definition) is 2. The lowest BCUT2D eigenvalue weighted by Crippen LogP contribution is -2.47. The summed E-state index contributed by atoms with van der Waals surface area (Å²) in [5.74, 6) is -0.962. The quantitative estimate of drug-likeness (QED) is 0.837. The van der Waals surface area contributed by atoms with Crippen molar-refractivity contribution in [1.29, 1.82) is 0 Å². The number of alkyl halides is 4. The Morgan fingerprint density at radius 1 is 1.33 bits per heavy atom. The molecular weight excluding hydrogens is 345 g/mol. The first-order valence-corrected chi connectivity index (χ1v) is 8.15. The molecule has 1 atom stereocenters. The number of halogens is 4. The minimum atomic E-state index is -4.42. The maximum Gasteiger partial charge on any atom is 0.416 e. The highest BCUT2D eigenvalue weighted by Gasteiger charge is 2.31. The van der Waals surface area contributed by atoms with Crippen LogP contribution in [0.3, 0.4) is 0 Å². The Balaban J connectivity index is 2.12. The zero-order valence-electron chi connectivity index (χ0n) is 12.9. The zero-order valence-corrected chi connectivity index (χ0v) is 13.7. The average Bonchev–Trinajstić information content (AvgIpc) is 2.70. The maximum absolute atomic E-state index is 12.8. The van der Waals surface area contributed by atoms with Crippen molar-refractivity contribution < 1.29 is 22.8 Å². The van der Waals surface area contributed by atoms with E-state index in [1.807, 2.05) is 0 Å². The van der Waals surface area contributed by atoms with Crippen LogP contribution in [0.1, 0.15) is 30.4 Å². The molecule has 4 nitrogen and oxygen atoms in total. The van der Waals surface area contributed by atoms with E-state index in [1.165, 1.54) is 11.0 Å². The third kappa shape index (κ3) is 4.87. The second-order valence-electron chi connectivity index (χ2n) is 5.71. The molecule has 1 saturated heterocycles. The lowest BCUT2D eigenvalue weighted by Gasteiger charge is -2.25. The Morgan fingerprint density at radius 3 is 2.75 bits per heavy atom. The van der Waals surface area contributed by atoms with Gasteiger partial charge in [-0.25, -0.2) is 0 Å². The van der Waals surface area contributed by atoms with E-state index in [1.54, 1.807) is 6.07 Å². The number of likely N-dealkylation sites (tertiary alicyclic amines) is 1. The molecule has 1 aromatic rings. The highest BCUT2D eigenvalue weighted by atomic mass is 35.5. The molecule has 1 aromatic carbocycles. The molecule has 0 spiro atoms. The molecule has 0 bridgehead atoms. The van der Waals surface area contributed by atoms with Gasteiger partial charge in [0.15, 0.2) is 0 Å². The topological polar surface area (TPSA) is 49.4 Å². The van der Waals surface area contributed by atoms with Gasteiger partial charge in [-0.05, 0) is 37.0 Å². The summed E-state index contributed by atoms with van der Waals surface area (Å²) >= 11 is 5.44. The number of benzene rings is 1. The Labute approximate surface area is 143 Å². The fourth-order valence-electron chi connectivity index (χ4n) is 2.70. The number of rotatable bonds is 4. The first kappa shape index (κ1) is 18.6. The molecule has 1 aliphatic rings. The van der Waals surface area contributed by atoms with E-state index < -0.39 is 23.7 Å². The van der Waals surface area contributed by atoms with Gasteiger partial charge in [0.25, 0.3) is 0 Å². The van der Waals surface area contributed by atoms with Crippen molar-refractivity contribution in [3.8, 4) is 0 Å². The van der Waals surface area contributed by atoms with Crippen molar-refractivity contribution in [3.05, 3.63) is 35.4 Å². The van der Waals surface area contributed by atoms with Gasteiger partial charge in [0.2, 0.25) is 11.8 Å². The number of carbonyl (C=O) groups excluding carboxylic acids is 2. The molecule has 0 aliphatic carbocycles. The van der Waals surface area contributed by atoms with Gasteiger partial charge >= 0.3 is 6.18 Å². The van der Waals surface area contributed by atoms with E-state index in [2.05, 4.69) is 5.32 Å². The molecule has 1 N–H and O–H groups in total. The molecule has 1 unspecified atom stereocenters. The largest absolute Gasteiger partial charge is 0.416 e. The molecule has 24 heavy (non-hydrogen) atoms. The Kier molecular flexibility index (Phi) is 6.10. The fraction of sp³-hybridized carbons (Fsp3) is 0.500. The average molecular weight is 363 g/mol. The summed E-state index contributed by atoms with van der Waals surface area (Å²) in [6.07, 6.45) is -2.44. The number of carbonyl (C=O) groups is 2. The predicted octanol–water partition coefficient (Wildman–Crippen LogP) is 2.94. The standard InChI is InChI=1S/C16H18ClF3N2O2/c17-9-14(23)21-13-6-1-2-7-22(15(13)24)10-11-4-3-5-12(8-11)16(18,19)20/h3-5,8,13H,1-2,6-7,9-10H2,(H,21,23). The Morgan fingerprint density at radius 2 is 2.08 bits per heavy atom. The van der Waals surface area contributed by atoms with E-state index in [0.717, 1.165) is 25.0 Å². The van der Waals surface area contributed by atoms with Gasteiger partial charge in [-0.15, -0.1) is 11.6 Å². The second kappa shape index (κ2) is 7.88. The predicted molar refractivity (Wildman–Crippen MR) is 83.4 cm³/mol. The van der Waals surface area contributed by atoms with Crippen LogP contribution < -0.4 is 5.32 Å². The summed E-state index contributed by atoms with van der Waals surface area (Å²) < 4.78 is 38.4. The molecule has 1 heterocycles. The molecule has 0 saturated carbocycles. The van der Waals surface area contributed by atoms with E-state index in [9.17, 15) is 22.8 Å². The van der Waals surface area contributed by atoms with Crippen molar-refractivity contribution in [2.24, 2.45) is 0 Å². The van der Waals surface area contributed by atoms with Gasteiger partial charge in [-0.1, -0.05) is 12.1 Å². The molecule has 8 heteroatoms. The highest BCUT2D eigenvalue weighted by Crippen LogP contribution is 2.30. The molecule has 1 fully saturated rings. The van der Waals surface area contributed by atoms with Gasteiger partial charge in [0.05, 0.1) is 5.56 Å². The van der Waals surface area contributed by atoms with Crippen molar-refractivity contribution in [2.45, 2.75) is 38.0 Å². The normalized spacial score (nSPS) is 19.1. The fourth-order valence-corrected chi connectivity index (χ4v) is 2.77. The van der Waals surface area contributed by atoms with Crippen LogP contribution in [0.5, 0.6) is 0 Å². The van der Waals surface area contributed by atoms with Crippen LogP contribution in [0.4, 0.5) is 13.2 Å². The Bertz CT molecular complexity index is 607. The smallest absolute Gasteiger partial charge is 0.343 e. The molecular formula is C16H18ClF3N2O2. The summed E-state index contributed by atoms with van der Waals surface area (Å²) in [6, 6.07) is 4.25. The van der Waals surface area contributed by atoms with E-state index in [-0.39, 0.29) is 18.3 Å². The van der Waals surface area contributed by atoms with Gasteiger partial charge in [-0.3, -0.25) is 9.59 Å². The zero-order chi connectivity index (χ0) is 17.7. The monoisotopic (exact) mass is 362 g/mol. The second-order valence-corrected chi connectivity index (χ2v) is 5.97. The van der Waals surface area contributed by atoms with Gasteiger partial charge < -0.3 is 10.2 Å². The molecule has 132 valence electrons. The van der Waals surface area contributed by atoms with E-state index in [0.29, 0.717) is 18.5 Å². The number of nitrogens with one attached hydrogen (secondary N) is 1. The van der Waals surface area contributed by atoms with Crippen LogP contribution in [-0.2, 0) is 22.3 Å². The summed E-state index contributed by atoms with van der Waals surface area (Å²) in [6.45, 7) is 0.526. The maximum atomic E-state index is 12.8. The number of hydrogen-bond donors (Lipinski definition) is 1. The van der Waals surface area contributed by atoms with Gasteiger partial charge in [0, 0.05) is 13.1 Å². The summed E-state index contributed by atoms with van der Waals surface area (Å²) in [5.41, 5.74) is -0.336. The van der Waals surface area contributed by atoms with Crippen LogP contribution in [0.25, 0.3) is 0 Å². The molecule has 2 rings (SSSR count). The SMILES string of the molecule is O=C(CCl)NC1CCCCN(Cc2cccc(C(F)(F)F)c2)C1=O. The summed E-state index contributed by atoms with van der Waals surface area (Å²) in [4.78, 5) is 25.4. The summed E-state index contributed by atoms with van der Waals surface area (Å²) in [5, 5.41) is 2.57. The minimum absolute atomic E-state index is 0.0794. The van der Waals surface area contributed by atoms with Crippen molar-refractivity contribution in [1.82, 2.24) is 10.2 Å². The lowest BCUT2D eigenvalue weighted by molar-refractivity contribution is -0.137. The van der Waals surface area contributed by atoms with Crippen LogP contribution in [0, 0.1) is 0 Å². The van der Waals surface area contributed by atoms with E-state index >= 15 is 0 Å². The van der Waals surface area contributed by atoms with Crippen LogP contribution in [0.2, 0.25) is 0 Å². The van der Waals surface area contributed by atoms with Crippen molar-refractivity contribution >= 4 is 23.4 Å². The third-order valence-electron chi connectivity index (χ3n) is 3.86. The molecule has 0 radical (unpaired) electrons. The minimum Gasteiger partial charge on any atom is -0.343 e. The first-order valence-electron chi connectivity index (χ1n) is 7.61. The van der Waals surface area contributed by atoms with E-state index in [4.69, 9.17) is 11.6 Å². The van der Waals surface area contributed by atoms with Crippen molar-refractivity contribution in [3.63, 3.8) is 0 Å². The van der Waals surface area contributed by atoms with Crippen molar-refractivity contribution in [2.75, 3.05) is 12.4 Å². The first-order chi connectivity index (χ1) is 11.3. The van der Waals surface area contributed by atoms with Gasteiger partial charge in [0.1, 0.15) is 11.9 Å². The highest BCUT2D eigenvalue weighted by molar-refractivity contribution is 6.27. The number of nitrogens with zero attached hydrogens (tertiary/aromatic N) is 1. The molecule has 2 amide bonds. The van der Waals surface area contributed by atoms with Gasteiger partial charge in [-0.2, -0.15) is 13.2 Å².